The smallest absolute Gasteiger partial charge is 0.433 e. The molecular formula is C15H10FN3O5S. The average Bonchev–Trinajstić information content (AvgIpc) is 3.22. The van der Waals surface area contributed by atoms with Crippen molar-refractivity contribution in [2.45, 2.75) is 13.0 Å². The number of pyridine rings is 1. The van der Waals surface area contributed by atoms with Crippen LogP contribution < -0.4 is 0 Å². The van der Waals surface area contributed by atoms with Gasteiger partial charge in [0, 0.05) is 22.8 Å². The number of furan rings is 1. The molecular weight excluding hydrogens is 353 g/mol. The van der Waals surface area contributed by atoms with Crippen molar-refractivity contribution in [2.75, 3.05) is 0 Å². The molecule has 0 amide bonds. The Labute approximate surface area is 144 Å². The van der Waals surface area contributed by atoms with Gasteiger partial charge in [-0.15, -0.1) is 11.3 Å². The molecule has 3 aromatic rings. The predicted octanol–water partition coefficient (Wildman–Crippen LogP) is 3.13. The van der Waals surface area contributed by atoms with Crippen LogP contribution in [0.3, 0.4) is 0 Å². The largest absolute Gasteiger partial charge is 0.457 e. The summed E-state index contributed by atoms with van der Waals surface area (Å²) < 4.78 is 23.1. The lowest BCUT2D eigenvalue weighted by Gasteiger charge is -2.00. The number of rotatable bonds is 6. The third-order valence-corrected chi connectivity index (χ3v) is 4.07. The first kappa shape index (κ1) is 16.7. The van der Waals surface area contributed by atoms with Crippen molar-refractivity contribution in [3.05, 3.63) is 63.4 Å². The molecule has 0 saturated heterocycles. The second kappa shape index (κ2) is 7.18. The maximum atomic E-state index is 13.2. The molecule has 10 heteroatoms. The number of hydrogen-bond acceptors (Lipinski definition) is 8. The molecule has 0 fully saturated rings. The van der Waals surface area contributed by atoms with Crippen molar-refractivity contribution in [2.24, 2.45) is 0 Å². The molecule has 0 spiro atoms. The topological polar surface area (TPSA) is 108 Å². The summed E-state index contributed by atoms with van der Waals surface area (Å²) in [6.07, 6.45) is 4.05. The minimum atomic E-state index is -0.675. The van der Waals surface area contributed by atoms with Crippen LogP contribution in [0.15, 0.2) is 41.2 Å². The molecule has 0 N–H and O–H groups in total. The van der Waals surface area contributed by atoms with Crippen LogP contribution in [0.5, 0.6) is 0 Å². The molecule has 8 nitrogen and oxygen atoms in total. The van der Waals surface area contributed by atoms with Gasteiger partial charge in [0.1, 0.15) is 28.1 Å². The van der Waals surface area contributed by atoms with Gasteiger partial charge < -0.3 is 9.15 Å². The average molecular weight is 363 g/mol. The summed E-state index contributed by atoms with van der Waals surface area (Å²) in [6, 6.07) is 3.86. The number of carbonyl (C=O) groups excluding carboxylic acids is 1. The van der Waals surface area contributed by atoms with Crippen molar-refractivity contribution in [3.63, 3.8) is 0 Å². The van der Waals surface area contributed by atoms with Crippen LogP contribution in [0.4, 0.5) is 10.3 Å². The van der Waals surface area contributed by atoms with E-state index >= 15 is 0 Å². The molecule has 0 atom stereocenters. The number of nitro groups is 1. The number of hydrogen-bond donors (Lipinski definition) is 0. The Morgan fingerprint density at radius 1 is 1.36 bits per heavy atom. The van der Waals surface area contributed by atoms with Crippen LogP contribution in [-0.2, 0) is 22.6 Å². The van der Waals surface area contributed by atoms with E-state index in [0.717, 1.165) is 6.20 Å². The Balaban J connectivity index is 1.57. The molecule has 3 rings (SSSR count). The van der Waals surface area contributed by atoms with Crippen LogP contribution >= 0.6 is 11.3 Å². The number of nitrogens with zero attached hydrogens (tertiary/aromatic N) is 3. The molecule has 0 aliphatic carbocycles. The fourth-order valence-electron chi connectivity index (χ4n) is 1.94. The fourth-order valence-corrected chi connectivity index (χ4v) is 2.82. The summed E-state index contributed by atoms with van der Waals surface area (Å²) in [5, 5.41) is 11.0. The summed E-state index contributed by atoms with van der Waals surface area (Å²) in [6.45, 7) is -0.202. The van der Waals surface area contributed by atoms with E-state index < -0.39 is 22.6 Å². The number of thiazole rings is 1. The van der Waals surface area contributed by atoms with E-state index in [-0.39, 0.29) is 18.8 Å². The number of halogens is 1. The van der Waals surface area contributed by atoms with Gasteiger partial charge in [-0.3, -0.25) is 19.9 Å². The summed E-state index contributed by atoms with van der Waals surface area (Å²) >= 11 is 1.22. The molecule has 0 aliphatic heterocycles. The van der Waals surface area contributed by atoms with E-state index in [0.29, 0.717) is 15.4 Å². The molecule has 0 aromatic carbocycles. The van der Waals surface area contributed by atoms with E-state index in [1.54, 1.807) is 0 Å². The molecule has 0 bridgehead atoms. The SMILES string of the molecule is O=C(Cc1cnc(-c2cncc(F)c2)s1)OCc1ccc([N+](=O)[O-])o1. The van der Waals surface area contributed by atoms with Crippen LogP contribution in [0.25, 0.3) is 10.6 Å². The Hall–Kier alpha value is -3.14. The Bertz CT molecular complexity index is 923. The van der Waals surface area contributed by atoms with Crippen molar-refractivity contribution < 1.29 is 23.3 Å². The zero-order valence-corrected chi connectivity index (χ0v) is 13.4. The van der Waals surface area contributed by atoms with Crippen LogP contribution in [0.1, 0.15) is 10.6 Å². The first-order valence-corrected chi connectivity index (χ1v) is 7.77. The van der Waals surface area contributed by atoms with Crippen molar-refractivity contribution in [1.29, 1.82) is 0 Å². The molecule has 0 saturated carbocycles. The minimum absolute atomic E-state index is 0.0246. The Kier molecular flexibility index (Phi) is 4.80. The third kappa shape index (κ3) is 4.23. The quantitative estimate of drug-likeness (QED) is 0.376. The molecule has 0 unspecified atom stereocenters. The van der Waals surface area contributed by atoms with Crippen LogP contribution in [-0.4, -0.2) is 20.9 Å². The zero-order chi connectivity index (χ0) is 17.8. The van der Waals surface area contributed by atoms with E-state index in [4.69, 9.17) is 9.15 Å². The zero-order valence-electron chi connectivity index (χ0n) is 12.5. The standard InChI is InChI=1S/C15H10FN3O5S/c16-10-3-9(5-17-6-10)15-18-7-12(25-15)4-14(20)23-8-11-1-2-13(24-11)19(21)22/h1-3,5-7H,4,8H2. The lowest BCUT2D eigenvalue weighted by atomic mass is 10.3. The molecule has 25 heavy (non-hydrogen) atoms. The second-order valence-electron chi connectivity index (χ2n) is 4.86. The fraction of sp³-hybridized carbons (Fsp3) is 0.133. The summed E-state index contributed by atoms with van der Waals surface area (Å²) in [7, 11) is 0. The maximum Gasteiger partial charge on any atom is 0.433 e. The number of carbonyl (C=O) groups is 1. The lowest BCUT2D eigenvalue weighted by molar-refractivity contribution is -0.402. The summed E-state index contributed by atoms with van der Waals surface area (Å²) in [5.41, 5.74) is 0.521. The molecule has 128 valence electrons. The van der Waals surface area contributed by atoms with E-state index in [9.17, 15) is 19.3 Å². The first-order chi connectivity index (χ1) is 12.0. The highest BCUT2D eigenvalue weighted by Gasteiger charge is 2.14. The van der Waals surface area contributed by atoms with Crippen LogP contribution in [0, 0.1) is 15.9 Å². The highest BCUT2D eigenvalue weighted by Crippen LogP contribution is 2.25. The van der Waals surface area contributed by atoms with Gasteiger partial charge >= 0.3 is 11.9 Å². The Morgan fingerprint density at radius 3 is 2.92 bits per heavy atom. The third-order valence-electron chi connectivity index (χ3n) is 3.03. The normalized spacial score (nSPS) is 10.6. The monoisotopic (exact) mass is 363 g/mol. The number of aromatic nitrogens is 2. The van der Waals surface area contributed by atoms with Gasteiger partial charge in [0.25, 0.3) is 0 Å². The molecule has 3 aromatic heterocycles. The number of esters is 1. The second-order valence-corrected chi connectivity index (χ2v) is 5.97. The summed E-state index contributed by atoms with van der Waals surface area (Å²) in [5.74, 6) is -1.24. The van der Waals surface area contributed by atoms with Gasteiger partial charge in [0.05, 0.1) is 18.7 Å². The van der Waals surface area contributed by atoms with Gasteiger partial charge in [0.2, 0.25) is 0 Å². The van der Waals surface area contributed by atoms with Gasteiger partial charge in [-0.25, -0.2) is 9.37 Å². The van der Waals surface area contributed by atoms with E-state index in [1.165, 1.54) is 41.9 Å². The van der Waals surface area contributed by atoms with Gasteiger partial charge in [-0.1, -0.05) is 0 Å². The highest BCUT2D eigenvalue weighted by molar-refractivity contribution is 7.15. The van der Waals surface area contributed by atoms with Crippen LogP contribution in [0.2, 0.25) is 0 Å². The van der Waals surface area contributed by atoms with E-state index in [2.05, 4.69) is 9.97 Å². The van der Waals surface area contributed by atoms with E-state index in [1.807, 2.05) is 0 Å². The lowest BCUT2D eigenvalue weighted by Crippen LogP contribution is -2.06. The van der Waals surface area contributed by atoms with Gasteiger partial charge in [-0.2, -0.15) is 0 Å². The van der Waals surface area contributed by atoms with Gasteiger partial charge in [0.15, 0.2) is 0 Å². The maximum absolute atomic E-state index is 13.2. The Morgan fingerprint density at radius 2 is 2.20 bits per heavy atom. The molecule has 0 radical (unpaired) electrons. The summed E-state index contributed by atoms with van der Waals surface area (Å²) in [4.78, 5) is 30.2. The van der Waals surface area contributed by atoms with Crippen molar-refractivity contribution in [1.82, 2.24) is 9.97 Å². The first-order valence-electron chi connectivity index (χ1n) is 6.95. The molecule has 0 aliphatic rings. The number of ether oxygens (including phenoxy) is 1. The predicted molar refractivity (Wildman–Crippen MR) is 84.2 cm³/mol. The van der Waals surface area contributed by atoms with Crippen molar-refractivity contribution >= 4 is 23.2 Å². The van der Waals surface area contributed by atoms with Gasteiger partial charge in [-0.05, 0) is 12.1 Å². The minimum Gasteiger partial charge on any atom is -0.457 e. The molecule has 3 heterocycles. The highest BCUT2D eigenvalue weighted by atomic mass is 32.1. The van der Waals surface area contributed by atoms with Crippen molar-refractivity contribution in [3.8, 4) is 10.6 Å².